The summed E-state index contributed by atoms with van der Waals surface area (Å²) in [6.45, 7) is 8.04. The van der Waals surface area contributed by atoms with Crippen LogP contribution in [0.2, 0.25) is 0 Å². The summed E-state index contributed by atoms with van der Waals surface area (Å²) in [6.07, 6.45) is -1.06. The van der Waals surface area contributed by atoms with E-state index in [9.17, 15) is 18.0 Å². The number of benzene rings is 1. The molecule has 186 valence electrons. The van der Waals surface area contributed by atoms with Crippen molar-refractivity contribution in [2.45, 2.75) is 33.0 Å². The molecule has 0 aliphatic carbocycles. The Bertz CT molecular complexity index is 1240. The molecular formula is C24H27F3N6O2. The molecule has 0 N–H and O–H groups in total. The number of amides is 1. The van der Waals surface area contributed by atoms with Gasteiger partial charge in [0.2, 0.25) is 17.6 Å². The van der Waals surface area contributed by atoms with E-state index in [1.54, 1.807) is 15.7 Å². The third-order valence-electron chi connectivity index (χ3n) is 6.38. The molecule has 1 aliphatic rings. The Morgan fingerprint density at radius 3 is 2.51 bits per heavy atom. The van der Waals surface area contributed by atoms with E-state index in [4.69, 9.17) is 4.52 Å². The number of hydrogen-bond acceptors (Lipinski definition) is 6. The number of alkyl halides is 3. The minimum absolute atomic E-state index is 0.0652. The minimum atomic E-state index is -4.45. The van der Waals surface area contributed by atoms with E-state index < -0.39 is 11.7 Å². The quantitative estimate of drug-likeness (QED) is 0.505. The maximum atomic E-state index is 13.0. The summed E-state index contributed by atoms with van der Waals surface area (Å²) in [7, 11) is 1.87. The van der Waals surface area contributed by atoms with Gasteiger partial charge in [-0.2, -0.15) is 23.3 Å². The van der Waals surface area contributed by atoms with Crippen molar-refractivity contribution < 1.29 is 22.5 Å². The molecule has 0 radical (unpaired) electrons. The van der Waals surface area contributed by atoms with Gasteiger partial charge in [0, 0.05) is 56.1 Å². The zero-order valence-electron chi connectivity index (χ0n) is 20.0. The van der Waals surface area contributed by atoms with Crippen LogP contribution in [-0.2, 0) is 18.0 Å². The number of piperazine rings is 1. The molecule has 1 aliphatic heterocycles. The van der Waals surface area contributed by atoms with E-state index in [1.807, 2.05) is 33.9 Å². The van der Waals surface area contributed by atoms with Gasteiger partial charge in [0.15, 0.2) is 0 Å². The molecule has 2 aromatic heterocycles. The van der Waals surface area contributed by atoms with Crippen molar-refractivity contribution in [2.75, 3.05) is 26.2 Å². The molecule has 11 heteroatoms. The predicted molar refractivity (Wildman–Crippen MR) is 123 cm³/mol. The summed E-state index contributed by atoms with van der Waals surface area (Å²) in [6, 6.07) is 4.60. The molecular weight excluding hydrogens is 461 g/mol. The molecule has 8 nitrogen and oxygen atoms in total. The van der Waals surface area contributed by atoms with Gasteiger partial charge < -0.3 is 9.42 Å². The first-order valence-corrected chi connectivity index (χ1v) is 11.3. The number of carbonyl (C=O) groups is 1. The molecule has 0 bridgehead atoms. The Morgan fingerprint density at radius 1 is 1.17 bits per heavy atom. The maximum Gasteiger partial charge on any atom is 0.416 e. The van der Waals surface area contributed by atoms with Crippen molar-refractivity contribution in [2.24, 2.45) is 7.05 Å². The first-order valence-electron chi connectivity index (χ1n) is 11.3. The maximum absolute atomic E-state index is 13.0. The highest BCUT2D eigenvalue weighted by atomic mass is 19.4. The molecule has 0 spiro atoms. The molecule has 1 fully saturated rings. The fourth-order valence-corrected chi connectivity index (χ4v) is 4.13. The zero-order chi connectivity index (χ0) is 25.3. The molecule has 1 saturated heterocycles. The lowest BCUT2D eigenvalue weighted by molar-refractivity contribution is -0.137. The van der Waals surface area contributed by atoms with E-state index >= 15 is 0 Å². The Labute approximate surface area is 201 Å². The van der Waals surface area contributed by atoms with E-state index in [1.165, 1.54) is 12.1 Å². The third-order valence-corrected chi connectivity index (χ3v) is 6.38. The van der Waals surface area contributed by atoms with Crippen LogP contribution < -0.4 is 0 Å². The summed E-state index contributed by atoms with van der Waals surface area (Å²) in [5, 5.41) is 8.24. The number of aromatic nitrogens is 4. The molecule has 3 aromatic rings. The standard InChI is InChI=1S/C24H27F3N6O2/c1-15-20(16(2)31(4)29-15)8-9-21(34)33-12-10-32(11-13-33)17(3)23-28-22(30-35-23)18-6-5-7-19(14-18)24(25,26)27/h5-9,14,17H,10-13H2,1-4H3/b9-8+. The molecule has 1 amide bonds. The normalized spacial score (nSPS) is 16.3. The lowest BCUT2D eigenvalue weighted by Crippen LogP contribution is -2.48. The van der Waals surface area contributed by atoms with Gasteiger partial charge in [-0.15, -0.1) is 0 Å². The highest BCUT2D eigenvalue weighted by Gasteiger charge is 2.31. The second-order valence-electron chi connectivity index (χ2n) is 8.61. The first kappa shape index (κ1) is 24.6. The molecule has 0 saturated carbocycles. The topological polar surface area (TPSA) is 80.3 Å². The van der Waals surface area contributed by atoms with Crippen LogP contribution in [0.5, 0.6) is 0 Å². The summed E-state index contributed by atoms with van der Waals surface area (Å²) < 4.78 is 46.2. The van der Waals surface area contributed by atoms with Crippen LogP contribution in [-0.4, -0.2) is 61.8 Å². The van der Waals surface area contributed by atoms with Gasteiger partial charge in [0.25, 0.3) is 0 Å². The van der Waals surface area contributed by atoms with Gasteiger partial charge >= 0.3 is 6.18 Å². The number of nitrogens with zero attached hydrogens (tertiary/aromatic N) is 6. The van der Waals surface area contributed by atoms with Crippen LogP contribution in [0.4, 0.5) is 13.2 Å². The molecule has 1 atom stereocenters. The van der Waals surface area contributed by atoms with Gasteiger partial charge in [-0.05, 0) is 39.0 Å². The fourth-order valence-electron chi connectivity index (χ4n) is 4.13. The lowest BCUT2D eigenvalue weighted by atomic mass is 10.1. The molecule has 35 heavy (non-hydrogen) atoms. The van der Waals surface area contributed by atoms with Gasteiger partial charge in [0.1, 0.15) is 0 Å². The average molecular weight is 489 g/mol. The van der Waals surface area contributed by atoms with E-state index in [0.717, 1.165) is 29.1 Å². The Morgan fingerprint density at radius 2 is 1.89 bits per heavy atom. The number of hydrogen-bond donors (Lipinski definition) is 0. The second kappa shape index (κ2) is 9.65. The zero-order valence-corrected chi connectivity index (χ0v) is 20.0. The van der Waals surface area contributed by atoms with Crippen molar-refractivity contribution in [1.82, 2.24) is 29.7 Å². The number of rotatable bonds is 5. The summed E-state index contributed by atoms with van der Waals surface area (Å²) in [5.41, 5.74) is 2.29. The van der Waals surface area contributed by atoms with Gasteiger partial charge in [-0.3, -0.25) is 14.4 Å². The molecule has 1 unspecified atom stereocenters. The van der Waals surface area contributed by atoms with Crippen LogP contribution in [0.3, 0.4) is 0 Å². The van der Waals surface area contributed by atoms with E-state index in [2.05, 4.69) is 20.1 Å². The van der Waals surface area contributed by atoms with Crippen LogP contribution in [0, 0.1) is 13.8 Å². The van der Waals surface area contributed by atoms with Crippen LogP contribution in [0.15, 0.2) is 34.9 Å². The molecule has 4 rings (SSSR count). The highest BCUT2D eigenvalue weighted by Crippen LogP contribution is 2.32. The second-order valence-corrected chi connectivity index (χ2v) is 8.61. The summed E-state index contributed by atoms with van der Waals surface area (Å²) >= 11 is 0. The number of carbonyl (C=O) groups excluding carboxylic acids is 1. The first-order chi connectivity index (χ1) is 16.5. The van der Waals surface area contributed by atoms with Gasteiger partial charge in [0.05, 0.1) is 17.3 Å². The Hall–Kier alpha value is -3.47. The smallest absolute Gasteiger partial charge is 0.337 e. The predicted octanol–water partition coefficient (Wildman–Crippen LogP) is 4.02. The van der Waals surface area contributed by atoms with Crippen LogP contribution in [0.25, 0.3) is 17.5 Å². The van der Waals surface area contributed by atoms with Crippen molar-refractivity contribution in [3.63, 3.8) is 0 Å². The van der Waals surface area contributed by atoms with E-state index in [0.29, 0.717) is 32.1 Å². The Balaban J connectivity index is 1.37. The van der Waals surface area contributed by atoms with E-state index in [-0.39, 0.29) is 23.3 Å². The van der Waals surface area contributed by atoms with Crippen molar-refractivity contribution in [1.29, 1.82) is 0 Å². The molecule has 3 heterocycles. The summed E-state index contributed by atoms with van der Waals surface area (Å²) in [4.78, 5) is 20.9. The average Bonchev–Trinajstić information content (AvgIpc) is 3.42. The Kier molecular flexibility index (Phi) is 6.79. The van der Waals surface area contributed by atoms with Crippen LogP contribution in [0.1, 0.15) is 41.4 Å². The lowest BCUT2D eigenvalue weighted by Gasteiger charge is -2.36. The number of aryl methyl sites for hydroxylation is 2. The minimum Gasteiger partial charge on any atom is -0.337 e. The van der Waals surface area contributed by atoms with Crippen molar-refractivity contribution in [3.05, 3.63) is 58.7 Å². The van der Waals surface area contributed by atoms with Gasteiger partial charge in [-0.25, -0.2) is 0 Å². The fraction of sp³-hybridized carbons (Fsp3) is 0.417. The molecule has 1 aromatic carbocycles. The monoisotopic (exact) mass is 488 g/mol. The third kappa shape index (κ3) is 5.29. The largest absolute Gasteiger partial charge is 0.416 e. The summed E-state index contributed by atoms with van der Waals surface area (Å²) in [5.74, 6) is 0.363. The number of halogens is 3. The SMILES string of the molecule is Cc1nn(C)c(C)c1/C=C/C(=O)N1CCN(C(C)c2nc(-c3cccc(C(F)(F)F)c3)no2)CC1. The van der Waals surface area contributed by atoms with Crippen LogP contribution >= 0.6 is 0 Å². The highest BCUT2D eigenvalue weighted by molar-refractivity contribution is 5.92. The van der Waals surface area contributed by atoms with Crippen molar-refractivity contribution in [3.8, 4) is 11.4 Å². The van der Waals surface area contributed by atoms with Crippen molar-refractivity contribution >= 4 is 12.0 Å². The van der Waals surface area contributed by atoms with Gasteiger partial charge in [-0.1, -0.05) is 17.3 Å².